The molecule has 4 nitrogen and oxygen atoms in total. The van der Waals surface area contributed by atoms with E-state index in [0.717, 1.165) is 0 Å². The molecule has 1 aliphatic rings. The van der Waals surface area contributed by atoms with Crippen molar-refractivity contribution in [2.45, 2.75) is 10.6 Å². The van der Waals surface area contributed by atoms with Crippen LogP contribution < -0.4 is 5.32 Å². The first-order chi connectivity index (χ1) is 10.0. The van der Waals surface area contributed by atoms with E-state index in [0.29, 0.717) is 33.7 Å². The third-order valence-electron chi connectivity index (χ3n) is 3.14. The van der Waals surface area contributed by atoms with E-state index in [-0.39, 0.29) is 5.37 Å². The van der Waals surface area contributed by atoms with Gasteiger partial charge in [0, 0.05) is 17.1 Å². The van der Waals surface area contributed by atoms with Crippen LogP contribution in [0, 0.1) is 0 Å². The number of carboxylic acids is 1. The predicted molar refractivity (Wildman–Crippen MR) is 83.9 cm³/mol. The Balaban J connectivity index is 1.84. The summed E-state index contributed by atoms with van der Waals surface area (Å²) in [6.07, 6.45) is 0. The smallest absolute Gasteiger partial charge is 0.318 e. The Hall–Kier alpha value is -1.14. The van der Waals surface area contributed by atoms with Gasteiger partial charge in [0.1, 0.15) is 22.1 Å². The molecule has 1 aliphatic heterocycles. The second kappa shape index (κ2) is 5.93. The molecule has 2 atom stereocenters. The van der Waals surface area contributed by atoms with E-state index in [1.807, 2.05) is 12.1 Å². The first-order valence-electron chi connectivity index (χ1n) is 6.21. The molecule has 0 unspecified atom stereocenters. The molecule has 0 spiro atoms. The number of halogens is 2. The van der Waals surface area contributed by atoms with Crippen molar-refractivity contribution in [2.75, 3.05) is 6.54 Å². The third-order valence-corrected chi connectivity index (χ3v) is 5.08. The zero-order chi connectivity index (χ0) is 15.0. The van der Waals surface area contributed by atoms with Gasteiger partial charge in [-0.1, -0.05) is 23.2 Å². The first kappa shape index (κ1) is 14.8. The Bertz CT molecular complexity index is 689. The summed E-state index contributed by atoms with van der Waals surface area (Å²) in [4.78, 5) is 11.0. The Morgan fingerprint density at radius 3 is 2.86 bits per heavy atom. The SMILES string of the molecule is O=C(O)[C@H]1CN[C@H](c2ccc(-c3cc(Cl)ccc3Cl)o2)S1. The Labute approximate surface area is 135 Å². The number of furan rings is 1. The van der Waals surface area contributed by atoms with Crippen molar-refractivity contribution in [3.63, 3.8) is 0 Å². The van der Waals surface area contributed by atoms with E-state index >= 15 is 0 Å². The highest BCUT2D eigenvalue weighted by Crippen LogP contribution is 2.39. The zero-order valence-corrected chi connectivity index (χ0v) is 13.0. The Kier molecular flexibility index (Phi) is 4.17. The lowest BCUT2D eigenvalue weighted by Gasteiger charge is -2.06. The standard InChI is InChI=1S/C14H11Cl2NO3S/c15-7-1-2-9(16)8(5-7)10-3-4-11(20-10)13-17-6-12(21-13)14(18)19/h1-5,12-13,17H,6H2,(H,18,19)/t12-,13+/m1/s1. The van der Waals surface area contributed by atoms with Crippen molar-refractivity contribution in [1.29, 1.82) is 0 Å². The maximum atomic E-state index is 11.0. The van der Waals surface area contributed by atoms with Gasteiger partial charge in [-0.2, -0.15) is 0 Å². The predicted octanol–water partition coefficient (Wildman–Crippen LogP) is 4.04. The van der Waals surface area contributed by atoms with Crippen molar-refractivity contribution in [2.24, 2.45) is 0 Å². The summed E-state index contributed by atoms with van der Waals surface area (Å²) >= 11 is 13.4. The minimum atomic E-state index is -0.820. The van der Waals surface area contributed by atoms with Crippen LogP contribution in [0.15, 0.2) is 34.7 Å². The van der Waals surface area contributed by atoms with Crippen LogP contribution in [0.4, 0.5) is 0 Å². The van der Waals surface area contributed by atoms with Gasteiger partial charge in [-0.15, -0.1) is 11.8 Å². The number of hydrogen-bond donors (Lipinski definition) is 2. The maximum absolute atomic E-state index is 11.0. The molecular formula is C14H11Cl2NO3S. The molecule has 21 heavy (non-hydrogen) atoms. The van der Waals surface area contributed by atoms with Crippen molar-refractivity contribution < 1.29 is 14.3 Å². The quantitative estimate of drug-likeness (QED) is 0.880. The summed E-state index contributed by atoms with van der Waals surface area (Å²) in [6, 6.07) is 8.79. The molecule has 3 rings (SSSR count). The van der Waals surface area contributed by atoms with Gasteiger partial charge in [0.05, 0.1) is 5.02 Å². The van der Waals surface area contributed by atoms with E-state index in [1.165, 1.54) is 11.8 Å². The highest BCUT2D eigenvalue weighted by molar-refractivity contribution is 8.01. The average molecular weight is 344 g/mol. The molecule has 0 amide bonds. The number of carbonyl (C=O) groups is 1. The third kappa shape index (κ3) is 3.06. The van der Waals surface area contributed by atoms with E-state index in [2.05, 4.69) is 5.32 Å². The fraction of sp³-hybridized carbons (Fsp3) is 0.214. The van der Waals surface area contributed by atoms with Crippen molar-refractivity contribution in [1.82, 2.24) is 5.32 Å². The first-order valence-corrected chi connectivity index (χ1v) is 7.91. The molecule has 2 aromatic rings. The van der Waals surface area contributed by atoms with Gasteiger partial charge in [-0.3, -0.25) is 10.1 Å². The van der Waals surface area contributed by atoms with Crippen LogP contribution >= 0.6 is 35.0 Å². The Morgan fingerprint density at radius 2 is 2.14 bits per heavy atom. The zero-order valence-electron chi connectivity index (χ0n) is 10.7. The molecule has 2 N–H and O–H groups in total. The topological polar surface area (TPSA) is 62.5 Å². The molecule has 1 fully saturated rings. The average Bonchev–Trinajstić information content (AvgIpc) is 3.09. The molecular weight excluding hydrogens is 333 g/mol. The lowest BCUT2D eigenvalue weighted by atomic mass is 10.2. The molecule has 0 bridgehead atoms. The largest absolute Gasteiger partial charge is 0.480 e. The van der Waals surface area contributed by atoms with Gasteiger partial charge in [0.15, 0.2) is 0 Å². The van der Waals surface area contributed by atoms with Gasteiger partial charge in [-0.05, 0) is 30.3 Å². The van der Waals surface area contributed by atoms with Crippen LogP contribution in [-0.4, -0.2) is 22.9 Å². The summed E-state index contributed by atoms with van der Waals surface area (Å²) in [5.74, 6) is 0.466. The molecule has 1 aromatic heterocycles. The van der Waals surface area contributed by atoms with Crippen LogP contribution in [0.25, 0.3) is 11.3 Å². The number of benzene rings is 1. The summed E-state index contributed by atoms with van der Waals surface area (Å²) in [7, 11) is 0. The van der Waals surface area contributed by atoms with Gasteiger partial charge in [0.2, 0.25) is 0 Å². The van der Waals surface area contributed by atoms with E-state index in [1.54, 1.807) is 18.2 Å². The normalized spacial score (nSPS) is 21.6. The lowest BCUT2D eigenvalue weighted by molar-refractivity contribution is -0.136. The highest BCUT2D eigenvalue weighted by atomic mass is 35.5. The minimum absolute atomic E-state index is 0.169. The van der Waals surface area contributed by atoms with Crippen LogP contribution in [0.2, 0.25) is 10.0 Å². The van der Waals surface area contributed by atoms with Crippen LogP contribution in [0.1, 0.15) is 11.1 Å². The lowest BCUT2D eigenvalue weighted by Crippen LogP contribution is -2.21. The molecule has 0 saturated carbocycles. The second-order valence-corrected chi connectivity index (χ2v) is 6.73. The van der Waals surface area contributed by atoms with E-state index in [9.17, 15) is 4.79 Å². The van der Waals surface area contributed by atoms with Gasteiger partial charge < -0.3 is 9.52 Å². The number of nitrogens with one attached hydrogen (secondary N) is 1. The molecule has 7 heteroatoms. The number of aliphatic carboxylic acids is 1. The van der Waals surface area contributed by atoms with E-state index in [4.69, 9.17) is 32.7 Å². The van der Waals surface area contributed by atoms with Crippen LogP contribution in [-0.2, 0) is 4.79 Å². The summed E-state index contributed by atoms with van der Waals surface area (Å²) in [5.41, 5.74) is 0.716. The number of thioether (sulfide) groups is 1. The van der Waals surface area contributed by atoms with Crippen LogP contribution in [0.3, 0.4) is 0 Å². The Morgan fingerprint density at radius 1 is 1.33 bits per heavy atom. The fourth-order valence-electron chi connectivity index (χ4n) is 2.11. The second-order valence-electron chi connectivity index (χ2n) is 4.58. The molecule has 1 saturated heterocycles. The summed E-state index contributed by atoms with van der Waals surface area (Å²) in [6.45, 7) is 0.415. The highest BCUT2D eigenvalue weighted by Gasteiger charge is 2.32. The maximum Gasteiger partial charge on any atom is 0.318 e. The monoisotopic (exact) mass is 343 g/mol. The van der Waals surface area contributed by atoms with Crippen molar-refractivity contribution in [3.8, 4) is 11.3 Å². The van der Waals surface area contributed by atoms with Gasteiger partial charge >= 0.3 is 5.97 Å². The summed E-state index contributed by atoms with van der Waals surface area (Å²) in [5, 5.41) is 12.6. The molecule has 110 valence electrons. The van der Waals surface area contributed by atoms with E-state index < -0.39 is 11.2 Å². The molecule has 2 heterocycles. The number of rotatable bonds is 3. The summed E-state index contributed by atoms with van der Waals surface area (Å²) < 4.78 is 5.80. The van der Waals surface area contributed by atoms with Crippen LogP contribution in [0.5, 0.6) is 0 Å². The minimum Gasteiger partial charge on any atom is -0.480 e. The van der Waals surface area contributed by atoms with Gasteiger partial charge in [-0.25, -0.2) is 0 Å². The van der Waals surface area contributed by atoms with Crippen molar-refractivity contribution >= 4 is 40.9 Å². The molecule has 1 aromatic carbocycles. The number of hydrogen-bond acceptors (Lipinski definition) is 4. The number of carboxylic acid groups (broad SMARTS) is 1. The fourth-order valence-corrected chi connectivity index (χ4v) is 3.59. The molecule has 0 aliphatic carbocycles. The van der Waals surface area contributed by atoms with Gasteiger partial charge in [0.25, 0.3) is 0 Å². The van der Waals surface area contributed by atoms with Crippen molar-refractivity contribution in [3.05, 3.63) is 46.1 Å². The molecule has 0 radical (unpaired) electrons.